The Morgan fingerprint density at radius 2 is 1.51 bits per heavy atom. The number of hydrogen-bond donors (Lipinski definition) is 0. The van der Waals surface area contributed by atoms with Crippen LogP contribution in [0.25, 0.3) is 16.6 Å². The summed E-state index contributed by atoms with van der Waals surface area (Å²) in [5.74, 6) is -0.703. The molecule has 0 aliphatic carbocycles. The largest absolute Gasteiger partial charge is 0.462 e. The van der Waals surface area contributed by atoms with Crippen LogP contribution in [0, 0.1) is 6.92 Å². The van der Waals surface area contributed by atoms with Crippen LogP contribution in [0.3, 0.4) is 0 Å². The second-order valence-electron chi connectivity index (χ2n) is 9.22. The van der Waals surface area contributed by atoms with Gasteiger partial charge in [0.15, 0.2) is 12.4 Å². The van der Waals surface area contributed by atoms with Crippen LogP contribution in [-0.4, -0.2) is 28.5 Å². The summed E-state index contributed by atoms with van der Waals surface area (Å²) in [6, 6.07) is 23.3. The lowest BCUT2D eigenvalue weighted by Gasteiger charge is -2.07. The van der Waals surface area contributed by atoms with Crippen molar-refractivity contribution in [3.63, 3.8) is 0 Å². The van der Waals surface area contributed by atoms with Crippen LogP contribution >= 0.6 is 11.6 Å². The van der Waals surface area contributed by atoms with Crippen LogP contribution in [0.5, 0.6) is 0 Å². The van der Waals surface area contributed by atoms with Gasteiger partial charge in [-0.15, -0.1) is 0 Å². The minimum absolute atomic E-state index is 0.0271. The molecule has 194 valence electrons. The second kappa shape index (κ2) is 11.1. The number of carbonyl (C=O) groups excluding carboxylic acids is 3. The molecule has 0 unspecified atom stereocenters. The number of halogens is 1. The number of rotatable bonds is 8. The molecule has 0 spiro atoms. The number of hydrogen-bond acceptors (Lipinski definition) is 4. The first-order valence-electron chi connectivity index (χ1n) is 12.6. The lowest BCUT2D eigenvalue weighted by atomic mass is 10.1. The summed E-state index contributed by atoms with van der Waals surface area (Å²) in [5, 5.41) is 0.534. The fourth-order valence-electron chi connectivity index (χ4n) is 4.43. The third-order valence-electron chi connectivity index (χ3n) is 6.53. The summed E-state index contributed by atoms with van der Waals surface area (Å²) in [6.45, 7) is 4.17. The normalized spacial score (nSPS) is 10.9. The number of aromatic nitrogens is 2. The SMILES string of the molecule is CCOC(=O)c1cc(C(=O)c2ccc(Cl)cc2)n2ccc(-c3cc[n+](CC(=O)c4ccc(C)cc4)cc3)cc12. The highest BCUT2D eigenvalue weighted by molar-refractivity contribution is 6.30. The molecule has 7 heteroatoms. The van der Waals surface area contributed by atoms with Crippen molar-refractivity contribution in [1.82, 2.24) is 4.40 Å². The quantitative estimate of drug-likeness (QED) is 0.135. The average molecular weight is 538 g/mol. The number of nitrogens with zero attached hydrogens (tertiary/aromatic N) is 2. The monoisotopic (exact) mass is 537 g/mol. The van der Waals surface area contributed by atoms with Crippen molar-refractivity contribution in [2.24, 2.45) is 0 Å². The van der Waals surface area contributed by atoms with Gasteiger partial charge in [0.05, 0.1) is 23.4 Å². The molecule has 0 N–H and O–H groups in total. The molecule has 0 radical (unpaired) electrons. The zero-order chi connectivity index (χ0) is 27.5. The molecule has 3 heterocycles. The Morgan fingerprint density at radius 3 is 2.18 bits per heavy atom. The van der Waals surface area contributed by atoms with Crippen molar-refractivity contribution >= 4 is 34.7 Å². The Balaban J connectivity index is 1.46. The van der Waals surface area contributed by atoms with E-state index in [9.17, 15) is 14.4 Å². The number of benzene rings is 2. The average Bonchev–Trinajstić information content (AvgIpc) is 3.33. The molecule has 0 fully saturated rings. The Bertz CT molecular complexity index is 1690. The number of esters is 1. The van der Waals surface area contributed by atoms with Crippen LogP contribution in [0.15, 0.2) is 97.5 Å². The molecular formula is C32H26ClN2O4+. The van der Waals surface area contributed by atoms with Crippen molar-refractivity contribution in [2.75, 3.05) is 6.61 Å². The number of carbonyl (C=O) groups is 3. The van der Waals surface area contributed by atoms with E-state index in [2.05, 4.69) is 0 Å². The van der Waals surface area contributed by atoms with Gasteiger partial charge in [-0.1, -0.05) is 41.4 Å². The molecule has 6 nitrogen and oxygen atoms in total. The third-order valence-corrected chi connectivity index (χ3v) is 6.78. The predicted octanol–water partition coefficient (Wildman–Crippen LogP) is 6.15. The molecule has 0 aliphatic heterocycles. The molecule has 0 aliphatic rings. The molecule has 5 rings (SSSR count). The van der Waals surface area contributed by atoms with Gasteiger partial charge in [-0.25, -0.2) is 4.79 Å². The number of ketones is 2. The van der Waals surface area contributed by atoms with E-state index in [0.29, 0.717) is 32.9 Å². The first kappa shape index (κ1) is 26.1. The summed E-state index contributed by atoms with van der Waals surface area (Å²) in [5.41, 5.74) is 5.22. The number of ether oxygens (including phenoxy) is 1. The van der Waals surface area contributed by atoms with Crippen LogP contribution in [0.2, 0.25) is 5.02 Å². The molecule has 0 amide bonds. The van der Waals surface area contributed by atoms with E-state index in [4.69, 9.17) is 16.3 Å². The van der Waals surface area contributed by atoms with Gasteiger partial charge in [0.1, 0.15) is 0 Å². The van der Waals surface area contributed by atoms with Gasteiger partial charge >= 0.3 is 5.97 Å². The molecule has 0 saturated heterocycles. The standard InChI is InChI=1S/C32H26ClN2O4/c1-3-39-32(38)27-19-29(31(37)24-8-10-26(33)11-9-24)35-17-14-25(18-28(27)35)22-12-15-34(16-13-22)20-30(36)23-6-4-21(2)5-7-23/h4-19H,3,20H2,1-2H3/q+1. The van der Waals surface area contributed by atoms with Crippen LogP contribution in [-0.2, 0) is 11.3 Å². The fourth-order valence-corrected chi connectivity index (χ4v) is 4.55. The minimum atomic E-state index is -0.497. The summed E-state index contributed by atoms with van der Waals surface area (Å²) in [6.07, 6.45) is 5.48. The van der Waals surface area contributed by atoms with E-state index in [1.165, 1.54) is 0 Å². The number of Topliss-reactive ketones (excluding diaryl/α,β-unsaturated/α-hetero) is 1. The van der Waals surface area contributed by atoms with Gasteiger partial charge in [-0.3, -0.25) is 9.59 Å². The molecule has 0 bridgehead atoms. The maximum Gasteiger partial charge on any atom is 0.340 e. The van der Waals surface area contributed by atoms with Crippen molar-refractivity contribution in [1.29, 1.82) is 0 Å². The molecule has 0 saturated carbocycles. The Hall–Kier alpha value is -4.55. The van der Waals surface area contributed by atoms with Crippen LogP contribution in [0.1, 0.15) is 49.3 Å². The Labute approximate surface area is 231 Å². The van der Waals surface area contributed by atoms with Crippen molar-refractivity contribution in [3.05, 3.63) is 130 Å². The highest BCUT2D eigenvalue weighted by atomic mass is 35.5. The van der Waals surface area contributed by atoms with Gasteiger partial charge < -0.3 is 9.14 Å². The summed E-state index contributed by atoms with van der Waals surface area (Å²) in [4.78, 5) is 38.8. The lowest BCUT2D eigenvalue weighted by molar-refractivity contribution is -0.683. The first-order chi connectivity index (χ1) is 18.8. The zero-order valence-electron chi connectivity index (χ0n) is 21.6. The topological polar surface area (TPSA) is 68.7 Å². The van der Waals surface area contributed by atoms with Crippen molar-refractivity contribution in [3.8, 4) is 11.1 Å². The maximum atomic E-state index is 13.3. The molecule has 2 aromatic carbocycles. The smallest absolute Gasteiger partial charge is 0.340 e. The highest BCUT2D eigenvalue weighted by Crippen LogP contribution is 2.27. The van der Waals surface area contributed by atoms with Gasteiger partial charge in [0.2, 0.25) is 18.1 Å². The minimum Gasteiger partial charge on any atom is -0.462 e. The summed E-state index contributed by atoms with van der Waals surface area (Å²) in [7, 11) is 0. The summed E-state index contributed by atoms with van der Waals surface area (Å²) >= 11 is 5.99. The van der Waals surface area contributed by atoms with Gasteiger partial charge in [-0.05, 0) is 67.4 Å². The van der Waals surface area contributed by atoms with Crippen molar-refractivity contribution in [2.45, 2.75) is 20.4 Å². The molecule has 39 heavy (non-hydrogen) atoms. The summed E-state index contributed by atoms with van der Waals surface area (Å²) < 4.78 is 8.81. The van der Waals surface area contributed by atoms with Crippen LogP contribution < -0.4 is 4.57 Å². The van der Waals surface area contributed by atoms with Gasteiger partial charge in [-0.2, -0.15) is 4.57 Å². The molecule has 5 aromatic rings. The lowest BCUT2D eigenvalue weighted by Crippen LogP contribution is -2.37. The Morgan fingerprint density at radius 1 is 0.846 bits per heavy atom. The third kappa shape index (κ3) is 5.52. The van der Waals surface area contributed by atoms with Gasteiger partial charge in [0, 0.05) is 34.5 Å². The van der Waals surface area contributed by atoms with E-state index in [1.54, 1.807) is 47.9 Å². The number of pyridine rings is 2. The predicted molar refractivity (Wildman–Crippen MR) is 149 cm³/mol. The molecule has 3 aromatic heterocycles. The molecular weight excluding hydrogens is 512 g/mol. The highest BCUT2D eigenvalue weighted by Gasteiger charge is 2.22. The van der Waals surface area contributed by atoms with Crippen molar-refractivity contribution < 1.29 is 23.7 Å². The van der Waals surface area contributed by atoms with E-state index < -0.39 is 5.97 Å². The Kier molecular flexibility index (Phi) is 7.39. The van der Waals surface area contributed by atoms with E-state index in [-0.39, 0.29) is 24.7 Å². The van der Waals surface area contributed by atoms with Crippen LogP contribution in [0.4, 0.5) is 0 Å². The van der Waals surface area contributed by atoms with E-state index in [1.807, 2.05) is 72.4 Å². The molecule has 0 atom stereocenters. The van der Waals surface area contributed by atoms with E-state index >= 15 is 0 Å². The zero-order valence-corrected chi connectivity index (χ0v) is 22.3. The van der Waals surface area contributed by atoms with Gasteiger partial charge in [0.25, 0.3) is 0 Å². The number of aryl methyl sites for hydroxylation is 1. The number of fused-ring (bicyclic) bond motifs is 1. The maximum absolute atomic E-state index is 13.3. The second-order valence-corrected chi connectivity index (χ2v) is 9.66. The van der Waals surface area contributed by atoms with E-state index in [0.717, 1.165) is 16.7 Å². The first-order valence-corrected chi connectivity index (χ1v) is 12.9. The fraction of sp³-hybridized carbons (Fsp3) is 0.125.